The third-order valence-corrected chi connectivity index (χ3v) is 6.79. The molecule has 1 aromatic heterocycles. The van der Waals surface area contributed by atoms with Crippen molar-refractivity contribution < 1.29 is 14.3 Å². The number of methoxy groups -OCH3 is 1. The maximum atomic E-state index is 12.9. The van der Waals surface area contributed by atoms with Crippen molar-refractivity contribution in [2.24, 2.45) is 5.92 Å². The molecule has 2 amide bonds. The largest absolute Gasteiger partial charge is 0.497 e. The van der Waals surface area contributed by atoms with Gasteiger partial charge in [-0.1, -0.05) is 6.07 Å². The molecular weight excluding hydrogens is 468 g/mol. The highest BCUT2D eigenvalue weighted by Crippen LogP contribution is 2.29. The van der Waals surface area contributed by atoms with Crippen LogP contribution in [0.4, 0.5) is 28.8 Å². The first-order valence-corrected chi connectivity index (χ1v) is 12.7. The minimum absolute atomic E-state index is 0.0740. The third kappa shape index (κ3) is 5.82. The summed E-state index contributed by atoms with van der Waals surface area (Å²) in [6.45, 7) is 4.35. The van der Waals surface area contributed by atoms with Crippen molar-refractivity contribution in [1.82, 2.24) is 9.97 Å². The summed E-state index contributed by atoms with van der Waals surface area (Å²) >= 11 is 0. The molecule has 5 rings (SSSR count). The van der Waals surface area contributed by atoms with Crippen LogP contribution in [0.15, 0.2) is 54.6 Å². The Morgan fingerprint density at radius 2 is 1.76 bits per heavy atom. The van der Waals surface area contributed by atoms with E-state index in [0.717, 1.165) is 36.0 Å². The molecule has 0 bridgehead atoms. The first-order chi connectivity index (χ1) is 18.0. The Bertz CT molecular complexity index is 1270. The van der Waals surface area contributed by atoms with E-state index in [1.54, 1.807) is 18.1 Å². The maximum absolute atomic E-state index is 12.9. The molecule has 1 atom stereocenters. The zero-order valence-corrected chi connectivity index (χ0v) is 21.2. The van der Waals surface area contributed by atoms with Crippen LogP contribution in [0.5, 0.6) is 5.75 Å². The van der Waals surface area contributed by atoms with Crippen molar-refractivity contribution in [1.29, 1.82) is 0 Å². The van der Waals surface area contributed by atoms with Gasteiger partial charge in [0.2, 0.25) is 17.8 Å². The van der Waals surface area contributed by atoms with Gasteiger partial charge in [0.1, 0.15) is 11.6 Å². The van der Waals surface area contributed by atoms with Crippen molar-refractivity contribution in [3.8, 4) is 5.75 Å². The van der Waals surface area contributed by atoms with Gasteiger partial charge in [0.05, 0.1) is 13.0 Å². The van der Waals surface area contributed by atoms with Gasteiger partial charge in [0, 0.05) is 60.9 Å². The fourth-order valence-electron chi connectivity index (χ4n) is 4.81. The summed E-state index contributed by atoms with van der Waals surface area (Å²) in [5.74, 6) is 1.51. The standard InChI is InChI=1S/C28H32N6O3/c1-19-15-25(33-13-4-3-5-14-33)32-28(29-19)31-22-11-9-21(10-12-22)30-27(36)20-16-26(35)34(18-20)23-7-6-8-24(17-23)37-2/h6-12,15,17,20H,3-5,13-14,16,18H2,1-2H3,(H,30,36)(H,29,31,32)/t20-/m0/s1. The number of rotatable bonds is 7. The molecule has 3 aromatic rings. The Balaban J connectivity index is 1.20. The molecule has 2 aliphatic rings. The van der Waals surface area contributed by atoms with Gasteiger partial charge in [-0.05, 0) is 62.6 Å². The molecule has 9 nitrogen and oxygen atoms in total. The minimum atomic E-state index is -0.426. The van der Waals surface area contributed by atoms with Crippen LogP contribution in [-0.2, 0) is 9.59 Å². The number of nitrogens with zero attached hydrogens (tertiary/aromatic N) is 4. The Morgan fingerprint density at radius 1 is 1.00 bits per heavy atom. The molecule has 2 saturated heterocycles. The average molecular weight is 501 g/mol. The summed E-state index contributed by atoms with van der Waals surface area (Å²) in [5, 5.41) is 6.22. The van der Waals surface area contributed by atoms with Crippen LogP contribution in [0.2, 0.25) is 0 Å². The molecule has 9 heteroatoms. The number of ether oxygens (including phenoxy) is 1. The van der Waals surface area contributed by atoms with Crippen molar-refractivity contribution in [3.05, 3.63) is 60.3 Å². The fourth-order valence-corrected chi connectivity index (χ4v) is 4.81. The molecule has 2 aliphatic heterocycles. The molecular formula is C28H32N6O3. The van der Waals surface area contributed by atoms with Crippen molar-refractivity contribution >= 4 is 40.6 Å². The molecule has 192 valence electrons. The molecule has 0 unspecified atom stereocenters. The van der Waals surface area contributed by atoms with Crippen LogP contribution in [-0.4, -0.2) is 48.5 Å². The van der Waals surface area contributed by atoms with E-state index in [0.29, 0.717) is 23.9 Å². The number of anilines is 5. The number of piperidine rings is 1. The second kappa shape index (κ2) is 10.9. The second-order valence-corrected chi connectivity index (χ2v) is 9.54. The van der Waals surface area contributed by atoms with E-state index in [1.165, 1.54) is 19.3 Å². The molecule has 0 saturated carbocycles. The lowest BCUT2D eigenvalue weighted by atomic mass is 10.1. The zero-order chi connectivity index (χ0) is 25.8. The summed E-state index contributed by atoms with van der Waals surface area (Å²) in [7, 11) is 1.59. The summed E-state index contributed by atoms with van der Waals surface area (Å²) in [6.07, 6.45) is 3.82. The van der Waals surface area contributed by atoms with Crippen LogP contribution >= 0.6 is 0 Å². The lowest BCUT2D eigenvalue weighted by Crippen LogP contribution is -2.30. The van der Waals surface area contributed by atoms with Gasteiger partial charge < -0.3 is 25.2 Å². The van der Waals surface area contributed by atoms with Crippen molar-refractivity contribution in [2.75, 3.05) is 47.2 Å². The molecule has 2 N–H and O–H groups in total. The zero-order valence-electron chi connectivity index (χ0n) is 21.2. The molecule has 2 aromatic carbocycles. The SMILES string of the molecule is COc1cccc(N2C[C@@H](C(=O)Nc3ccc(Nc4nc(C)cc(N5CCCCC5)n4)cc3)CC2=O)c1. The van der Waals surface area contributed by atoms with Crippen LogP contribution in [0.1, 0.15) is 31.4 Å². The van der Waals surface area contributed by atoms with Gasteiger partial charge in [0.15, 0.2) is 0 Å². The Labute approximate surface area is 216 Å². The van der Waals surface area contributed by atoms with E-state index >= 15 is 0 Å². The monoisotopic (exact) mass is 500 g/mol. The van der Waals surface area contributed by atoms with E-state index in [2.05, 4.69) is 20.5 Å². The summed E-state index contributed by atoms with van der Waals surface area (Å²) in [5.41, 5.74) is 3.14. The van der Waals surface area contributed by atoms with Crippen molar-refractivity contribution in [3.63, 3.8) is 0 Å². The van der Waals surface area contributed by atoms with Gasteiger partial charge in [-0.2, -0.15) is 4.98 Å². The Hall–Kier alpha value is -4.14. The van der Waals surface area contributed by atoms with Crippen LogP contribution in [0, 0.1) is 12.8 Å². The highest BCUT2D eigenvalue weighted by atomic mass is 16.5. The number of carbonyl (C=O) groups is 2. The van der Waals surface area contributed by atoms with E-state index in [-0.39, 0.29) is 18.2 Å². The predicted octanol–water partition coefficient (Wildman–Crippen LogP) is 4.52. The van der Waals surface area contributed by atoms with Crippen LogP contribution in [0.3, 0.4) is 0 Å². The first-order valence-electron chi connectivity index (χ1n) is 12.7. The fraction of sp³-hybridized carbons (Fsp3) is 0.357. The first kappa shape index (κ1) is 24.5. The Kier molecular flexibility index (Phi) is 7.20. The summed E-state index contributed by atoms with van der Waals surface area (Å²) in [4.78, 5) is 38.7. The second-order valence-electron chi connectivity index (χ2n) is 9.54. The highest BCUT2D eigenvalue weighted by molar-refractivity contribution is 6.03. The maximum Gasteiger partial charge on any atom is 0.229 e. The van der Waals surface area contributed by atoms with Gasteiger partial charge >= 0.3 is 0 Å². The average Bonchev–Trinajstić information content (AvgIpc) is 3.32. The van der Waals surface area contributed by atoms with E-state index in [1.807, 2.05) is 55.5 Å². The van der Waals surface area contributed by atoms with Gasteiger partial charge in [0.25, 0.3) is 0 Å². The van der Waals surface area contributed by atoms with E-state index < -0.39 is 5.92 Å². The number of carbonyl (C=O) groups excluding carboxylic acids is 2. The number of hydrogen-bond donors (Lipinski definition) is 2. The predicted molar refractivity (Wildman–Crippen MR) is 145 cm³/mol. The number of hydrogen-bond acceptors (Lipinski definition) is 7. The van der Waals surface area contributed by atoms with Crippen LogP contribution < -0.4 is 25.2 Å². The third-order valence-electron chi connectivity index (χ3n) is 6.79. The van der Waals surface area contributed by atoms with Crippen molar-refractivity contribution in [2.45, 2.75) is 32.6 Å². The lowest BCUT2D eigenvalue weighted by Gasteiger charge is -2.28. The molecule has 2 fully saturated rings. The molecule has 0 aliphatic carbocycles. The molecule has 0 spiro atoms. The van der Waals surface area contributed by atoms with Gasteiger partial charge in [-0.25, -0.2) is 4.98 Å². The van der Waals surface area contributed by atoms with Crippen LogP contribution in [0.25, 0.3) is 0 Å². The molecule has 37 heavy (non-hydrogen) atoms. The normalized spacial score (nSPS) is 17.6. The molecule has 0 radical (unpaired) electrons. The smallest absolute Gasteiger partial charge is 0.229 e. The number of amides is 2. The number of nitrogens with one attached hydrogen (secondary N) is 2. The quantitative estimate of drug-likeness (QED) is 0.492. The minimum Gasteiger partial charge on any atom is -0.497 e. The highest BCUT2D eigenvalue weighted by Gasteiger charge is 2.35. The number of benzene rings is 2. The Morgan fingerprint density at radius 3 is 2.51 bits per heavy atom. The van der Waals surface area contributed by atoms with Gasteiger partial charge in [-0.15, -0.1) is 0 Å². The lowest BCUT2D eigenvalue weighted by molar-refractivity contribution is -0.122. The van der Waals surface area contributed by atoms with E-state index in [4.69, 9.17) is 9.72 Å². The number of aromatic nitrogens is 2. The van der Waals surface area contributed by atoms with Gasteiger partial charge in [-0.3, -0.25) is 9.59 Å². The number of aryl methyl sites for hydroxylation is 1. The summed E-state index contributed by atoms with van der Waals surface area (Å²) in [6, 6.07) is 16.8. The topological polar surface area (TPSA) is 99.7 Å². The summed E-state index contributed by atoms with van der Waals surface area (Å²) < 4.78 is 5.26. The molecule has 3 heterocycles. The van der Waals surface area contributed by atoms with E-state index in [9.17, 15) is 9.59 Å².